The first-order valence-electron chi connectivity index (χ1n) is 8.93. The lowest BCUT2D eigenvalue weighted by Crippen LogP contribution is -2.30. The molecular weight excluding hydrogens is 326 g/mol. The fourth-order valence-corrected chi connectivity index (χ4v) is 3.59. The molecule has 0 radical (unpaired) electrons. The Morgan fingerprint density at radius 3 is 2.96 bits per heavy atom. The van der Waals surface area contributed by atoms with E-state index in [-0.39, 0.29) is 11.8 Å². The molecule has 4 heterocycles. The molecule has 26 heavy (non-hydrogen) atoms. The average molecular weight is 349 g/mol. The molecule has 6 nitrogen and oxygen atoms in total. The van der Waals surface area contributed by atoms with E-state index in [9.17, 15) is 4.79 Å². The van der Waals surface area contributed by atoms with Gasteiger partial charge in [0.15, 0.2) is 5.82 Å². The van der Waals surface area contributed by atoms with Crippen molar-refractivity contribution in [1.29, 1.82) is 0 Å². The van der Waals surface area contributed by atoms with Crippen LogP contribution >= 0.6 is 0 Å². The van der Waals surface area contributed by atoms with Gasteiger partial charge >= 0.3 is 0 Å². The van der Waals surface area contributed by atoms with E-state index in [0.717, 1.165) is 42.1 Å². The molecule has 0 unspecified atom stereocenters. The minimum absolute atomic E-state index is 0.162. The summed E-state index contributed by atoms with van der Waals surface area (Å²) in [6.45, 7) is 1.51. The van der Waals surface area contributed by atoms with Crippen molar-refractivity contribution in [2.45, 2.75) is 18.8 Å². The first-order valence-corrected chi connectivity index (χ1v) is 8.93. The topological polar surface area (TPSA) is 53.7 Å². The third kappa shape index (κ3) is 3.14. The second-order valence-corrected chi connectivity index (χ2v) is 7.05. The second kappa shape index (κ2) is 6.78. The molecule has 1 saturated heterocycles. The van der Waals surface area contributed by atoms with Crippen LogP contribution in [-0.2, 0) is 11.2 Å². The zero-order valence-electron chi connectivity index (χ0n) is 15.2. The molecule has 0 spiro atoms. The van der Waals surface area contributed by atoms with Gasteiger partial charge in [0.25, 0.3) is 0 Å². The predicted molar refractivity (Wildman–Crippen MR) is 101 cm³/mol. The lowest BCUT2D eigenvalue weighted by atomic mass is 10.1. The van der Waals surface area contributed by atoms with E-state index in [1.54, 1.807) is 12.4 Å². The Morgan fingerprint density at radius 1 is 1.31 bits per heavy atom. The third-order valence-electron chi connectivity index (χ3n) is 4.98. The van der Waals surface area contributed by atoms with Crippen LogP contribution in [0.1, 0.15) is 23.6 Å². The quantitative estimate of drug-likeness (QED) is 0.726. The van der Waals surface area contributed by atoms with E-state index < -0.39 is 0 Å². The summed E-state index contributed by atoms with van der Waals surface area (Å²) in [5, 5.41) is 0. The summed E-state index contributed by atoms with van der Waals surface area (Å²) < 4.78 is 2.12. The monoisotopic (exact) mass is 349 g/mol. The standard InChI is InChI=1S/C20H23N5O/c1-23(2)20-18-6-4-9-24(18)14-17(22-20)16-7-10-25(13-16)19(26)11-15-5-3-8-21-12-15/h3-6,8-9,12,14,16H,7,10-11,13H2,1-2H3/t16-/m0/s1. The molecule has 0 aliphatic carbocycles. The highest BCUT2D eigenvalue weighted by molar-refractivity contribution is 5.79. The van der Waals surface area contributed by atoms with Crippen molar-refractivity contribution >= 4 is 17.2 Å². The molecule has 3 aromatic rings. The van der Waals surface area contributed by atoms with E-state index >= 15 is 0 Å². The molecule has 4 rings (SSSR count). The molecule has 0 bridgehead atoms. The highest BCUT2D eigenvalue weighted by Crippen LogP contribution is 2.29. The van der Waals surface area contributed by atoms with Crippen LogP contribution < -0.4 is 4.90 Å². The number of hydrogen-bond acceptors (Lipinski definition) is 4. The maximum atomic E-state index is 12.6. The number of pyridine rings is 1. The number of carbonyl (C=O) groups is 1. The Balaban J connectivity index is 1.52. The summed E-state index contributed by atoms with van der Waals surface area (Å²) in [4.78, 5) is 25.6. The van der Waals surface area contributed by atoms with Gasteiger partial charge in [0.2, 0.25) is 5.91 Å². The summed E-state index contributed by atoms with van der Waals surface area (Å²) in [7, 11) is 4.02. The first kappa shape index (κ1) is 16.6. The van der Waals surface area contributed by atoms with E-state index in [1.807, 2.05) is 48.3 Å². The molecule has 0 N–H and O–H groups in total. The van der Waals surface area contributed by atoms with Crippen molar-refractivity contribution in [3.8, 4) is 0 Å². The summed E-state index contributed by atoms with van der Waals surface area (Å²) in [6, 6.07) is 7.92. The van der Waals surface area contributed by atoms with Gasteiger partial charge in [0, 0.05) is 57.9 Å². The zero-order chi connectivity index (χ0) is 18.1. The van der Waals surface area contributed by atoms with Gasteiger partial charge in [0.05, 0.1) is 17.6 Å². The van der Waals surface area contributed by atoms with Crippen LogP contribution in [-0.4, -0.2) is 52.4 Å². The number of rotatable bonds is 4. The van der Waals surface area contributed by atoms with E-state index in [2.05, 4.69) is 21.6 Å². The van der Waals surface area contributed by atoms with E-state index in [0.29, 0.717) is 6.42 Å². The summed E-state index contributed by atoms with van der Waals surface area (Å²) in [5.41, 5.74) is 3.11. The Hall–Kier alpha value is -2.89. The van der Waals surface area contributed by atoms with Crippen LogP contribution in [0.4, 0.5) is 5.82 Å². The number of aromatic nitrogens is 3. The van der Waals surface area contributed by atoms with Gasteiger partial charge in [-0.3, -0.25) is 9.78 Å². The largest absolute Gasteiger partial charge is 0.361 e. The third-order valence-corrected chi connectivity index (χ3v) is 4.98. The van der Waals surface area contributed by atoms with Crippen LogP contribution in [0.15, 0.2) is 49.1 Å². The molecule has 1 aliphatic heterocycles. The van der Waals surface area contributed by atoms with Crippen molar-refractivity contribution in [2.75, 3.05) is 32.1 Å². The lowest BCUT2D eigenvalue weighted by molar-refractivity contribution is -0.129. The highest BCUT2D eigenvalue weighted by atomic mass is 16.2. The Labute approximate surface area is 153 Å². The summed E-state index contributed by atoms with van der Waals surface area (Å²) in [6.07, 6.45) is 9.00. The van der Waals surface area contributed by atoms with Gasteiger partial charge < -0.3 is 14.2 Å². The molecular formula is C20H23N5O. The van der Waals surface area contributed by atoms with Crippen LogP contribution in [0, 0.1) is 0 Å². The summed E-state index contributed by atoms with van der Waals surface area (Å²) in [5.74, 6) is 1.40. The van der Waals surface area contributed by atoms with Gasteiger partial charge in [-0.05, 0) is 30.2 Å². The minimum atomic E-state index is 0.162. The van der Waals surface area contributed by atoms with Crippen molar-refractivity contribution in [1.82, 2.24) is 19.3 Å². The van der Waals surface area contributed by atoms with E-state index in [1.165, 1.54) is 0 Å². The Kier molecular flexibility index (Phi) is 4.32. The van der Waals surface area contributed by atoms with Gasteiger partial charge in [0.1, 0.15) is 0 Å². The first-order chi connectivity index (χ1) is 12.6. The molecule has 6 heteroatoms. The van der Waals surface area contributed by atoms with Crippen molar-refractivity contribution in [3.05, 3.63) is 60.3 Å². The predicted octanol–water partition coefficient (Wildman–Crippen LogP) is 2.35. The number of nitrogens with zero attached hydrogens (tertiary/aromatic N) is 5. The van der Waals surface area contributed by atoms with Crippen LogP contribution in [0.5, 0.6) is 0 Å². The Morgan fingerprint density at radius 2 is 2.19 bits per heavy atom. The number of anilines is 1. The zero-order valence-corrected chi connectivity index (χ0v) is 15.2. The molecule has 1 atom stereocenters. The van der Waals surface area contributed by atoms with Crippen LogP contribution in [0.2, 0.25) is 0 Å². The van der Waals surface area contributed by atoms with Crippen LogP contribution in [0.3, 0.4) is 0 Å². The molecule has 1 amide bonds. The second-order valence-electron chi connectivity index (χ2n) is 7.05. The molecule has 0 saturated carbocycles. The molecule has 1 fully saturated rings. The van der Waals surface area contributed by atoms with Gasteiger partial charge in [-0.2, -0.15) is 0 Å². The van der Waals surface area contributed by atoms with Gasteiger partial charge in [-0.15, -0.1) is 0 Å². The molecule has 1 aliphatic rings. The highest BCUT2D eigenvalue weighted by Gasteiger charge is 2.29. The molecule has 0 aromatic carbocycles. The van der Waals surface area contributed by atoms with Gasteiger partial charge in [-0.25, -0.2) is 4.98 Å². The van der Waals surface area contributed by atoms with Crippen molar-refractivity contribution in [3.63, 3.8) is 0 Å². The SMILES string of the molecule is CN(C)c1nc([C@H]2CCN(C(=O)Cc3cccnc3)C2)cn2cccc12. The normalized spacial score (nSPS) is 17.0. The van der Waals surface area contributed by atoms with Gasteiger partial charge in [-0.1, -0.05) is 6.07 Å². The summed E-state index contributed by atoms with van der Waals surface area (Å²) >= 11 is 0. The number of fused-ring (bicyclic) bond motifs is 1. The Bertz CT molecular complexity index is 918. The smallest absolute Gasteiger partial charge is 0.227 e. The number of likely N-dealkylation sites (tertiary alicyclic amines) is 1. The van der Waals surface area contributed by atoms with E-state index in [4.69, 9.17) is 4.98 Å². The maximum absolute atomic E-state index is 12.6. The minimum Gasteiger partial charge on any atom is -0.361 e. The lowest BCUT2D eigenvalue weighted by Gasteiger charge is -2.19. The number of carbonyl (C=O) groups excluding carboxylic acids is 1. The average Bonchev–Trinajstić information content (AvgIpc) is 3.31. The van der Waals surface area contributed by atoms with Crippen molar-refractivity contribution < 1.29 is 4.79 Å². The molecule has 134 valence electrons. The maximum Gasteiger partial charge on any atom is 0.227 e. The fourth-order valence-electron chi connectivity index (χ4n) is 3.59. The van der Waals surface area contributed by atoms with Crippen molar-refractivity contribution in [2.24, 2.45) is 0 Å². The molecule has 3 aromatic heterocycles. The number of amides is 1. The fraction of sp³-hybridized carbons (Fsp3) is 0.350. The van der Waals surface area contributed by atoms with Crippen LogP contribution in [0.25, 0.3) is 5.52 Å². The number of hydrogen-bond donors (Lipinski definition) is 0.